The van der Waals surface area contributed by atoms with Crippen molar-refractivity contribution in [2.24, 2.45) is 0 Å². The highest BCUT2D eigenvalue weighted by Crippen LogP contribution is 2.26. The van der Waals surface area contributed by atoms with Crippen molar-refractivity contribution in [3.05, 3.63) is 51.8 Å². The highest BCUT2D eigenvalue weighted by Gasteiger charge is 2.15. The first-order valence-electron chi connectivity index (χ1n) is 7.15. The van der Waals surface area contributed by atoms with Gasteiger partial charge in [0.2, 0.25) is 0 Å². The smallest absolute Gasteiger partial charge is 0.0522 e. The standard InChI is InChI=1S/C16H22BrN3/c1-4-18-16(9-13-10-19-20(5-2)11-13)14-7-6-8-15(17)12(14)3/h6-8,10-11,16,18H,4-5,9H2,1-3H3. The molecule has 0 saturated heterocycles. The lowest BCUT2D eigenvalue weighted by Gasteiger charge is -2.20. The molecule has 2 aromatic rings. The Morgan fingerprint density at radius 2 is 2.15 bits per heavy atom. The Balaban J connectivity index is 2.24. The molecule has 1 heterocycles. The molecule has 0 bridgehead atoms. The fourth-order valence-corrected chi connectivity index (χ4v) is 2.84. The number of halogens is 1. The van der Waals surface area contributed by atoms with Crippen LogP contribution in [0.25, 0.3) is 0 Å². The summed E-state index contributed by atoms with van der Waals surface area (Å²) < 4.78 is 3.15. The molecule has 20 heavy (non-hydrogen) atoms. The van der Waals surface area contributed by atoms with Crippen molar-refractivity contribution in [2.75, 3.05) is 6.54 Å². The molecule has 0 amide bonds. The molecule has 3 nitrogen and oxygen atoms in total. The van der Waals surface area contributed by atoms with Crippen LogP contribution < -0.4 is 5.32 Å². The van der Waals surface area contributed by atoms with Crippen molar-refractivity contribution in [3.8, 4) is 0 Å². The number of aryl methyl sites for hydroxylation is 1. The topological polar surface area (TPSA) is 29.9 Å². The summed E-state index contributed by atoms with van der Waals surface area (Å²) in [6, 6.07) is 6.73. The molecule has 0 radical (unpaired) electrons. The second-order valence-electron chi connectivity index (χ2n) is 4.97. The van der Waals surface area contributed by atoms with Crippen LogP contribution in [0.1, 0.15) is 36.6 Å². The Bertz CT molecular complexity index is 563. The van der Waals surface area contributed by atoms with E-state index in [1.165, 1.54) is 21.2 Å². The van der Waals surface area contributed by atoms with Crippen molar-refractivity contribution >= 4 is 15.9 Å². The van der Waals surface area contributed by atoms with Crippen LogP contribution in [0.5, 0.6) is 0 Å². The zero-order valence-electron chi connectivity index (χ0n) is 12.4. The number of benzene rings is 1. The molecule has 4 heteroatoms. The van der Waals surface area contributed by atoms with Crippen molar-refractivity contribution in [3.63, 3.8) is 0 Å². The van der Waals surface area contributed by atoms with Gasteiger partial charge in [0, 0.05) is 23.3 Å². The Labute approximate surface area is 129 Å². The van der Waals surface area contributed by atoms with E-state index < -0.39 is 0 Å². The van der Waals surface area contributed by atoms with E-state index in [2.05, 4.69) is 71.5 Å². The summed E-state index contributed by atoms with van der Waals surface area (Å²) in [6.45, 7) is 8.30. The molecule has 0 aliphatic carbocycles. The normalized spacial score (nSPS) is 12.6. The van der Waals surface area contributed by atoms with Crippen molar-refractivity contribution in [1.82, 2.24) is 15.1 Å². The molecular formula is C16H22BrN3. The van der Waals surface area contributed by atoms with E-state index in [9.17, 15) is 0 Å². The summed E-state index contributed by atoms with van der Waals surface area (Å²) in [5.74, 6) is 0. The van der Waals surface area contributed by atoms with Gasteiger partial charge >= 0.3 is 0 Å². The summed E-state index contributed by atoms with van der Waals surface area (Å²) in [4.78, 5) is 0. The SMILES string of the molecule is CCNC(Cc1cnn(CC)c1)c1cccc(Br)c1C. The Kier molecular flexibility index (Phi) is 5.38. The lowest BCUT2D eigenvalue weighted by Crippen LogP contribution is -2.23. The third kappa shape index (κ3) is 3.49. The third-order valence-corrected chi connectivity index (χ3v) is 4.45. The molecule has 0 aliphatic heterocycles. The van der Waals surface area contributed by atoms with E-state index in [-0.39, 0.29) is 0 Å². The maximum Gasteiger partial charge on any atom is 0.0522 e. The summed E-state index contributed by atoms with van der Waals surface area (Å²) >= 11 is 3.62. The van der Waals surface area contributed by atoms with Crippen molar-refractivity contribution in [1.29, 1.82) is 0 Å². The van der Waals surface area contributed by atoms with Crippen LogP contribution in [0.2, 0.25) is 0 Å². The molecule has 1 N–H and O–H groups in total. The number of rotatable bonds is 6. The Morgan fingerprint density at radius 1 is 1.35 bits per heavy atom. The van der Waals surface area contributed by atoms with E-state index >= 15 is 0 Å². The van der Waals surface area contributed by atoms with E-state index in [0.29, 0.717) is 6.04 Å². The van der Waals surface area contributed by atoms with Crippen molar-refractivity contribution in [2.45, 2.75) is 39.8 Å². The van der Waals surface area contributed by atoms with Gasteiger partial charge in [-0.1, -0.05) is 35.0 Å². The van der Waals surface area contributed by atoms with Gasteiger partial charge in [-0.2, -0.15) is 5.10 Å². The number of nitrogens with zero attached hydrogens (tertiary/aromatic N) is 2. The molecule has 108 valence electrons. The van der Waals surface area contributed by atoms with E-state index in [1.54, 1.807) is 0 Å². The minimum Gasteiger partial charge on any atom is -0.310 e. The number of likely N-dealkylation sites (N-methyl/N-ethyl adjacent to an activating group) is 1. The first kappa shape index (κ1) is 15.3. The third-order valence-electron chi connectivity index (χ3n) is 3.59. The van der Waals surface area contributed by atoms with Gasteiger partial charge < -0.3 is 5.32 Å². The van der Waals surface area contributed by atoms with Crippen LogP contribution in [-0.4, -0.2) is 16.3 Å². The average Bonchev–Trinajstić information content (AvgIpc) is 2.89. The summed E-state index contributed by atoms with van der Waals surface area (Å²) in [6.07, 6.45) is 5.07. The number of nitrogens with one attached hydrogen (secondary N) is 1. The number of hydrogen-bond acceptors (Lipinski definition) is 2. The Morgan fingerprint density at radius 3 is 2.80 bits per heavy atom. The molecule has 2 rings (SSSR count). The van der Waals surface area contributed by atoms with Gasteiger partial charge in [0.25, 0.3) is 0 Å². The molecule has 1 aromatic carbocycles. The fourth-order valence-electron chi connectivity index (χ4n) is 2.46. The van der Waals surface area contributed by atoms with Crippen molar-refractivity contribution < 1.29 is 0 Å². The summed E-state index contributed by atoms with van der Waals surface area (Å²) in [5.41, 5.74) is 3.93. The minimum atomic E-state index is 0.326. The van der Waals surface area contributed by atoms with Crippen LogP contribution in [0.3, 0.4) is 0 Å². The van der Waals surface area contributed by atoms with Crippen LogP contribution in [-0.2, 0) is 13.0 Å². The zero-order valence-corrected chi connectivity index (χ0v) is 13.9. The lowest BCUT2D eigenvalue weighted by molar-refractivity contribution is 0.546. The number of aromatic nitrogens is 2. The minimum absolute atomic E-state index is 0.326. The molecule has 0 saturated carbocycles. The fraction of sp³-hybridized carbons (Fsp3) is 0.438. The molecule has 0 fully saturated rings. The van der Waals surface area contributed by atoms with E-state index in [4.69, 9.17) is 0 Å². The average molecular weight is 336 g/mol. The molecule has 0 aliphatic rings. The van der Waals surface area contributed by atoms with Gasteiger partial charge in [-0.15, -0.1) is 0 Å². The van der Waals surface area contributed by atoms with Gasteiger partial charge in [0.15, 0.2) is 0 Å². The molecule has 1 aromatic heterocycles. The van der Waals surface area contributed by atoms with Crippen LogP contribution in [0.15, 0.2) is 35.1 Å². The van der Waals surface area contributed by atoms with Gasteiger partial charge in [-0.3, -0.25) is 4.68 Å². The largest absolute Gasteiger partial charge is 0.310 e. The highest BCUT2D eigenvalue weighted by atomic mass is 79.9. The zero-order chi connectivity index (χ0) is 14.5. The maximum atomic E-state index is 4.36. The predicted molar refractivity (Wildman–Crippen MR) is 86.9 cm³/mol. The molecule has 0 spiro atoms. The Hall–Kier alpha value is -1.13. The van der Waals surface area contributed by atoms with Gasteiger partial charge in [0.1, 0.15) is 0 Å². The monoisotopic (exact) mass is 335 g/mol. The van der Waals surface area contributed by atoms with Gasteiger partial charge in [-0.05, 0) is 49.6 Å². The first-order valence-corrected chi connectivity index (χ1v) is 7.94. The predicted octanol–water partition coefficient (Wildman–Crippen LogP) is 3.87. The van der Waals surface area contributed by atoms with E-state index in [0.717, 1.165) is 19.5 Å². The summed E-state index contributed by atoms with van der Waals surface area (Å²) in [7, 11) is 0. The summed E-state index contributed by atoms with van der Waals surface area (Å²) in [5, 5.41) is 7.95. The van der Waals surface area contributed by atoms with Crippen LogP contribution in [0.4, 0.5) is 0 Å². The molecular weight excluding hydrogens is 314 g/mol. The lowest BCUT2D eigenvalue weighted by atomic mass is 9.96. The van der Waals surface area contributed by atoms with Gasteiger partial charge in [-0.25, -0.2) is 0 Å². The highest BCUT2D eigenvalue weighted by molar-refractivity contribution is 9.10. The van der Waals surface area contributed by atoms with Crippen LogP contribution >= 0.6 is 15.9 Å². The number of hydrogen-bond donors (Lipinski definition) is 1. The molecule has 1 unspecified atom stereocenters. The van der Waals surface area contributed by atoms with Crippen LogP contribution in [0, 0.1) is 6.92 Å². The van der Waals surface area contributed by atoms with E-state index in [1.807, 2.05) is 10.9 Å². The quantitative estimate of drug-likeness (QED) is 0.868. The maximum absolute atomic E-state index is 4.36. The second kappa shape index (κ2) is 7.04. The first-order chi connectivity index (χ1) is 9.65. The second-order valence-corrected chi connectivity index (χ2v) is 5.83. The molecule has 1 atom stereocenters. The van der Waals surface area contributed by atoms with Gasteiger partial charge in [0.05, 0.1) is 6.20 Å².